The molecule has 0 bridgehead atoms. The average Bonchev–Trinajstić information content (AvgIpc) is 3.56. The molecule has 37 heavy (non-hydrogen) atoms. The maximum atomic E-state index is 13.9. The number of allylic oxidation sites excluding steroid dienone is 2. The zero-order valence-corrected chi connectivity index (χ0v) is 21.7. The highest BCUT2D eigenvalue weighted by Crippen LogP contribution is 2.34. The molecule has 4 heterocycles. The number of nitrogens with one attached hydrogen (secondary N) is 1. The number of nitrogens with zero attached hydrogens (tertiary/aromatic N) is 5. The molecular weight excluding hydrogens is 491 g/mol. The molecule has 0 radical (unpaired) electrons. The number of aromatic nitrogens is 3. The number of pyridine rings is 1. The lowest BCUT2D eigenvalue weighted by atomic mass is 9.96. The molecule has 2 aliphatic heterocycles. The zero-order chi connectivity index (χ0) is 25.8. The molecule has 0 saturated carbocycles. The largest absolute Gasteiger partial charge is 0.611 e. The van der Waals surface area contributed by atoms with E-state index >= 15 is 0 Å². The number of likely N-dealkylation sites (tertiary alicyclic amines) is 1. The lowest BCUT2D eigenvalue weighted by Gasteiger charge is -2.32. The van der Waals surface area contributed by atoms with Gasteiger partial charge in [0.2, 0.25) is 11.7 Å². The summed E-state index contributed by atoms with van der Waals surface area (Å²) in [5, 5.41) is 7.36. The molecule has 3 aromatic rings. The summed E-state index contributed by atoms with van der Waals surface area (Å²) in [6, 6.07) is 9.97. The van der Waals surface area contributed by atoms with Gasteiger partial charge in [0.15, 0.2) is 10.7 Å². The van der Waals surface area contributed by atoms with Crippen molar-refractivity contribution in [1.29, 1.82) is 0 Å². The van der Waals surface area contributed by atoms with Crippen LogP contribution in [0.5, 0.6) is 0 Å². The van der Waals surface area contributed by atoms with Gasteiger partial charge in [0.1, 0.15) is 17.4 Å². The second-order valence-electron chi connectivity index (χ2n) is 9.04. The van der Waals surface area contributed by atoms with Crippen molar-refractivity contribution in [3.8, 4) is 11.4 Å². The Balaban J connectivity index is 1.33. The molecule has 2 aromatic heterocycles. The maximum absolute atomic E-state index is 13.9. The van der Waals surface area contributed by atoms with Gasteiger partial charge in [0, 0.05) is 54.6 Å². The van der Waals surface area contributed by atoms with Crippen LogP contribution < -0.4 is 5.32 Å². The predicted octanol–water partition coefficient (Wildman–Crippen LogP) is 5.25. The highest BCUT2D eigenvalue weighted by Gasteiger charge is 2.32. The molecule has 0 aliphatic carbocycles. The fourth-order valence-electron chi connectivity index (χ4n) is 4.63. The SMILES string of the molecule is CC=C1CC[S+]([O-])/C1=C(/N=C(\C)N1CCC(c2nc(-c3cccnc3)no2)CC1)Nc1cccc(F)c1. The molecule has 1 unspecified atom stereocenters. The van der Waals surface area contributed by atoms with Crippen LogP contribution in [-0.4, -0.2) is 49.3 Å². The van der Waals surface area contributed by atoms with E-state index in [1.54, 1.807) is 24.5 Å². The van der Waals surface area contributed by atoms with Gasteiger partial charge < -0.3 is 19.3 Å². The van der Waals surface area contributed by atoms with Crippen molar-refractivity contribution in [1.82, 2.24) is 20.0 Å². The van der Waals surface area contributed by atoms with Crippen LogP contribution in [0, 0.1) is 5.82 Å². The van der Waals surface area contributed by atoms with Crippen LogP contribution >= 0.6 is 0 Å². The third-order valence-corrected chi connectivity index (χ3v) is 8.15. The number of halogens is 1. The average molecular weight is 521 g/mol. The molecule has 0 amide bonds. The van der Waals surface area contributed by atoms with Gasteiger partial charge in [-0.2, -0.15) is 4.98 Å². The van der Waals surface area contributed by atoms with Crippen molar-refractivity contribution in [2.24, 2.45) is 4.99 Å². The second-order valence-corrected chi connectivity index (χ2v) is 10.6. The molecule has 0 spiro atoms. The highest BCUT2D eigenvalue weighted by atomic mass is 32.2. The minimum Gasteiger partial charge on any atom is -0.611 e. The van der Waals surface area contributed by atoms with E-state index in [4.69, 9.17) is 9.52 Å². The van der Waals surface area contributed by atoms with E-state index in [0.29, 0.717) is 33.9 Å². The number of amidine groups is 1. The van der Waals surface area contributed by atoms with Crippen LogP contribution in [0.15, 0.2) is 80.7 Å². The Kier molecular flexibility index (Phi) is 7.66. The molecule has 2 fully saturated rings. The lowest BCUT2D eigenvalue weighted by Crippen LogP contribution is -2.37. The number of hydrogen-bond donors (Lipinski definition) is 1. The van der Waals surface area contributed by atoms with Crippen molar-refractivity contribution < 1.29 is 13.5 Å². The van der Waals surface area contributed by atoms with Crippen LogP contribution in [0.1, 0.15) is 44.9 Å². The number of piperidine rings is 1. The van der Waals surface area contributed by atoms with Gasteiger partial charge in [-0.3, -0.25) is 4.98 Å². The van der Waals surface area contributed by atoms with E-state index in [0.717, 1.165) is 49.3 Å². The van der Waals surface area contributed by atoms with Gasteiger partial charge in [-0.25, -0.2) is 9.38 Å². The number of rotatable bonds is 5. The number of benzene rings is 1. The van der Waals surface area contributed by atoms with Gasteiger partial charge in [-0.15, -0.1) is 0 Å². The third-order valence-electron chi connectivity index (χ3n) is 6.66. The molecule has 8 nitrogen and oxygen atoms in total. The smallest absolute Gasteiger partial charge is 0.230 e. The molecule has 1 N–H and O–H groups in total. The van der Waals surface area contributed by atoms with E-state index in [9.17, 15) is 8.94 Å². The first-order valence-corrected chi connectivity index (χ1v) is 13.7. The minimum absolute atomic E-state index is 0.169. The van der Waals surface area contributed by atoms with Crippen molar-refractivity contribution in [2.45, 2.75) is 39.0 Å². The standard InChI is InChI=1S/C27H29FN6O2S/c1-3-19-11-15-37(35)24(19)26(31-23-8-4-7-22(28)16-23)30-18(2)34-13-9-20(10-14-34)27-32-25(33-36-27)21-6-5-12-29-17-21/h3-8,12,16-17,20,31H,9-11,13-15H2,1-2H3/b19-3?,26-24-,30-18+. The van der Waals surface area contributed by atoms with Gasteiger partial charge in [-0.1, -0.05) is 17.3 Å². The summed E-state index contributed by atoms with van der Waals surface area (Å²) in [4.78, 5) is 16.5. The number of aliphatic imine (C=N–C) groups is 1. The van der Waals surface area contributed by atoms with Crippen LogP contribution in [0.3, 0.4) is 0 Å². The number of hydrogen-bond acceptors (Lipinski definition) is 7. The maximum Gasteiger partial charge on any atom is 0.230 e. The van der Waals surface area contributed by atoms with Crippen LogP contribution in [0.25, 0.3) is 11.4 Å². The summed E-state index contributed by atoms with van der Waals surface area (Å²) in [5.41, 5.74) is 2.40. The quantitative estimate of drug-likeness (QED) is 0.278. The Morgan fingerprint density at radius 2 is 2.11 bits per heavy atom. The molecule has 192 valence electrons. The van der Waals surface area contributed by atoms with Gasteiger partial charge in [-0.05, 0) is 68.2 Å². The summed E-state index contributed by atoms with van der Waals surface area (Å²) in [6.45, 7) is 5.43. The first-order valence-electron chi connectivity index (χ1n) is 12.4. The molecule has 2 saturated heterocycles. The third kappa shape index (κ3) is 5.75. The summed E-state index contributed by atoms with van der Waals surface area (Å²) in [6.07, 6.45) is 7.83. The lowest BCUT2D eigenvalue weighted by molar-refractivity contribution is 0.264. The van der Waals surface area contributed by atoms with Crippen molar-refractivity contribution in [3.05, 3.63) is 82.9 Å². The Hall–Kier alpha value is -3.50. The Labute approximate surface area is 218 Å². The molecular formula is C27H29FN6O2S. The van der Waals surface area contributed by atoms with E-state index < -0.39 is 11.2 Å². The molecule has 1 aromatic carbocycles. The summed E-state index contributed by atoms with van der Waals surface area (Å²) < 4.78 is 32.3. The number of anilines is 1. The Morgan fingerprint density at radius 3 is 2.84 bits per heavy atom. The van der Waals surface area contributed by atoms with Crippen LogP contribution in [0.2, 0.25) is 0 Å². The van der Waals surface area contributed by atoms with E-state index in [1.165, 1.54) is 12.1 Å². The fourth-order valence-corrected chi connectivity index (χ4v) is 6.07. The first-order chi connectivity index (χ1) is 18.0. The van der Waals surface area contributed by atoms with E-state index in [2.05, 4.69) is 25.3 Å². The van der Waals surface area contributed by atoms with Crippen LogP contribution in [0.4, 0.5) is 10.1 Å². The van der Waals surface area contributed by atoms with Crippen molar-refractivity contribution >= 4 is 22.7 Å². The first kappa shape index (κ1) is 25.2. The zero-order valence-electron chi connectivity index (χ0n) is 20.9. The van der Waals surface area contributed by atoms with Crippen LogP contribution in [-0.2, 0) is 11.2 Å². The van der Waals surface area contributed by atoms with Gasteiger partial charge >= 0.3 is 0 Å². The van der Waals surface area contributed by atoms with Gasteiger partial charge in [0.25, 0.3) is 0 Å². The predicted molar refractivity (Wildman–Crippen MR) is 143 cm³/mol. The monoisotopic (exact) mass is 520 g/mol. The van der Waals surface area contributed by atoms with Crippen molar-refractivity contribution in [3.63, 3.8) is 0 Å². The summed E-state index contributed by atoms with van der Waals surface area (Å²) in [5.74, 6) is 2.90. The second kappa shape index (κ2) is 11.3. The summed E-state index contributed by atoms with van der Waals surface area (Å²) in [7, 11) is 0. The molecule has 10 heteroatoms. The topological polar surface area (TPSA) is 102 Å². The molecule has 5 rings (SSSR count). The van der Waals surface area contributed by atoms with E-state index in [-0.39, 0.29) is 11.7 Å². The fraction of sp³-hybridized carbons (Fsp3) is 0.333. The normalized spacial score (nSPS) is 21.5. The summed E-state index contributed by atoms with van der Waals surface area (Å²) >= 11 is -1.17. The molecule has 1 atom stereocenters. The minimum atomic E-state index is -1.17. The molecule has 2 aliphatic rings. The highest BCUT2D eigenvalue weighted by molar-refractivity contribution is 7.95. The Morgan fingerprint density at radius 1 is 1.27 bits per heavy atom. The Bertz CT molecular complexity index is 1330. The van der Waals surface area contributed by atoms with Crippen molar-refractivity contribution in [2.75, 3.05) is 24.2 Å². The van der Waals surface area contributed by atoms with E-state index in [1.807, 2.05) is 32.1 Å². The van der Waals surface area contributed by atoms with Gasteiger partial charge in [0.05, 0.1) is 0 Å².